The minimum Gasteiger partial charge on any atom is -0.383 e. The first-order valence-electron chi connectivity index (χ1n) is 6.39. The SMILES string of the molecule is COCCN(CCOC)CC(N)c1ccccc1F. The van der Waals surface area contributed by atoms with Crippen LogP contribution >= 0.6 is 0 Å². The van der Waals surface area contributed by atoms with Gasteiger partial charge in [-0.2, -0.15) is 0 Å². The standard InChI is InChI=1S/C14H23FN2O2/c1-18-9-7-17(8-10-19-2)11-14(16)12-5-3-4-6-13(12)15/h3-6,14H,7-11,16H2,1-2H3. The maximum atomic E-state index is 13.6. The number of hydrogen-bond acceptors (Lipinski definition) is 4. The van der Waals surface area contributed by atoms with Gasteiger partial charge in [0.2, 0.25) is 0 Å². The van der Waals surface area contributed by atoms with Crippen LogP contribution in [-0.4, -0.2) is 52.0 Å². The number of nitrogens with zero attached hydrogens (tertiary/aromatic N) is 1. The number of hydrogen-bond donors (Lipinski definition) is 1. The molecule has 1 aromatic rings. The van der Waals surface area contributed by atoms with Crippen LogP contribution in [0.5, 0.6) is 0 Å². The lowest BCUT2D eigenvalue weighted by atomic mass is 10.1. The molecule has 108 valence electrons. The molecule has 0 heterocycles. The molecular formula is C14H23FN2O2. The van der Waals surface area contributed by atoms with Crippen LogP contribution in [0.4, 0.5) is 4.39 Å². The van der Waals surface area contributed by atoms with Crippen LogP contribution in [0.2, 0.25) is 0 Å². The van der Waals surface area contributed by atoms with Gasteiger partial charge < -0.3 is 15.2 Å². The number of methoxy groups -OCH3 is 2. The predicted molar refractivity (Wildman–Crippen MR) is 73.5 cm³/mol. The van der Waals surface area contributed by atoms with E-state index in [0.29, 0.717) is 25.3 Å². The first-order chi connectivity index (χ1) is 9.19. The van der Waals surface area contributed by atoms with Crippen molar-refractivity contribution in [2.24, 2.45) is 5.73 Å². The van der Waals surface area contributed by atoms with E-state index >= 15 is 0 Å². The van der Waals surface area contributed by atoms with Gasteiger partial charge in [0.1, 0.15) is 5.82 Å². The van der Waals surface area contributed by atoms with Gasteiger partial charge in [-0.15, -0.1) is 0 Å². The number of nitrogens with two attached hydrogens (primary N) is 1. The van der Waals surface area contributed by atoms with E-state index in [9.17, 15) is 4.39 Å². The third-order valence-corrected chi connectivity index (χ3v) is 2.98. The van der Waals surface area contributed by atoms with Crippen LogP contribution in [0.3, 0.4) is 0 Å². The van der Waals surface area contributed by atoms with Crippen molar-refractivity contribution < 1.29 is 13.9 Å². The van der Waals surface area contributed by atoms with Crippen LogP contribution in [0, 0.1) is 5.82 Å². The van der Waals surface area contributed by atoms with Gasteiger partial charge in [-0.1, -0.05) is 18.2 Å². The summed E-state index contributed by atoms with van der Waals surface area (Å²) in [6.45, 7) is 3.32. The van der Waals surface area contributed by atoms with Gasteiger partial charge in [-0.3, -0.25) is 4.90 Å². The molecule has 0 aliphatic rings. The molecule has 0 saturated carbocycles. The highest BCUT2D eigenvalue weighted by Crippen LogP contribution is 2.15. The van der Waals surface area contributed by atoms with E-state index in [2.05, 4.69) is 4.90 Å². The average Bonchev–Trinajstić information content (AvgIpc) is 2.42. The summed E-state index contributed by atoms with van der Waals surface area (Å²) in [5.41, 5.74) is 6.62. The first kappa shape index (κ1) is 16.0. The molecule has 0 amide bonds. The van der Waals surface area contributed by atoms with E-state index < -0.39 is 0 Å². The van der Waals surface area contributed by atoms with E-state index in [-0.39, 0.29) is 11.9 Å². The summed E-state index contributed by atoms with van der Waals surface area (Å²) in [4.78, 5) is 2.12. The van der Waals surface area contributed by atoms with Crippen molar-refractivity contribution >= 4 is 0 Å². The van der Waals surface area contributed by atoms with Crippen molar-refractivity contribution in [2.75, 3.05) is 47.1 Å². The van der Waals surface area contributed by atoms with Gasteiger partial charge in [0.25, 0.3) is 0 Å². The maximum absolute atomic E-state index is 13.6. The second-order valence-electron chi connectivity index (χ2n) is 4.41. The normalized spacial score (nSPS) is 12.9. The van der Waals surface area contributed by atoms with Crippen molar-refractivity contribution in [2.45, 2.75) is 6.04 Å². The van der Waals surface area contributed by atoms with Crippen molar-refractivity contribution in [3.63, 3.8) is 0 Å². The smallest absolute Gasteiger partial charge is 0.128 e. The van der Waals surface area contributed by atoms with E-state index in [1.165, 1.54) is 6.07 Å². The summed E-state index contributed by atoms with van der Waals surface area (Å²) in [5.74, 6) is -0.256. The van der Waals surface area contributed by atoms with E-state index in [1.807, 2.05) is 0 Å². The molecule has 1 unspecified atom stereocenters. The Balaban J connectivity index is 2.59. The van der Waals surface area contributed by atoms with Crippen LogP contribution < -0.4 is 5.73 Å². The number of halogens is 1. The molecule has 1 aromatic carbocycles. The fourth-order valence-corrected chi connectivity index (χ4v) is 1.89. The highest BCUT2D eigenvalue weighted by Gasteiger charge is 2.15. The van der Waals surface area contributed by atoms with Gasteiger partial charge in [0.15, 0.2) is 0 Å². The van der Waals surface area contributed by atoms with E-state index in [1.54, 1.807) is 32.4 Å². The Hall–Kier alpha value is -1.01. The Labute approximate surface area is 114 Å². The second kappa shape index (κ2) is 8.98. The lowest BCUT2D eigenvalue weighted by Crippen LogP contribution is -2.37. The minimum absolute atomic E-state index is 0.256. The van der Waals surface area contributed by atoms with E-state index in [0.717, 1.165) is 13.1 Å². The van der Waals surface area contributed by atoms with Crippen LogP contribution in [0.25, 0.3) is 0 Å². The largest absolute Gasteiger partial charge is 0.383 e. The minimum atomic E-state index is -0.352. The number of rotatable bonds is 9. The molecule has 1 atom stereocenters. The summed E-state index contributed by atoms with van der Waals surface area (Å²) >= 11 is 0. The lowest BCUT2D eigenvalue weighted by molar-refractivity contribution is 0.110. The second-order valence-corrected chi connectivity index (χ2v) is 4.41. The molecule has 19 heavy (non-hydrogen) atoms. The number of ether oxygens (including phenoxy) is 2. The molecule has 0 aliphatic carbocycles. The highest BCUT2D eigenvalue weighted by atomic mass is 19.1. The molecule has 0 fully saturated rings. The molecule has 0 bridgehead atoms. The Kier molecular flexibility index (Phi) is 7.59. The molecule has 2 N–H and O–H groups in total. The quantitative estimate of drug-likeness (QED) is 0.737. The molecule has 0 spiro atoms. The zero-order valence-corrected chi connectivity index (χ0v) is 11.6. The van der Waals surface area contributed by atoms with Gasteiger partial charge >= 0.3 is 0 Å². The molecular weight excluding hydrogens is 247 g/mol. The molecule has 5 heteroatoms. The van der Waals surface area contributed by atoms with Crippen molar-refractivity contribution in [1.29, 1.82) is 0 Å². The van der Waals surface area contributed by atoms with Crippen LogP contribution in [-0.2, 0) is 9.47 Å². The lowest BCUT2D eigenvalue weighted by Gasteiger charge is -2.25. The fraction of sp³-hybridized carbons (Fsp3) is 0.571. The first-order valence-corrected chi connectivity index (χ1v) is 6.39. The Bertz CT molecular complexity index is 355. The zero-order chi connectivity index (χ0) is 14.1. The summed E-state index contributed by atoms with van der Waals surface area (Å²) in [7, 11) is 3.32. The Morgan fingerprint density at radius 2 is 1.74 bits per heavy atom. The summed E-state index contributed by atoms with van der Waals surface area (Å²) < 4.78 is 23.8. The highest BCUT2D eigenvalue weighted by molar-refractivity contribution is 5.21. The molecule has 0 radical (unpaired) electrons. The van der Waals surface area contributed by atoms with Crippen LogP contribution in [0.15, 0.2) is 24.3 Å². The Morgan fingerprint density at radius 1 is 1.16 bits per heavy atom. The van der Waals surface area contributed by atoms with E-state index in [4.69, 9.17) is 15.2 Å². The summed E-state index contributed by atoms with van der Waals surface area (Å²) in [5, 5.41) is 0. The predicted octanol–water partition coefficient (Wildman–Crippen LogP) is 1.42. The fourth-order valence-electron chi connectivity index (χ4n) is 1.89. The van der Waals surface area contributed by atoms with Crippen molar-refractivity contribution in [1.82, 2.24) is 4.90 Å². The third-order valence-electron chi connectivity index (χ3n) is 2.98. The molecule has 1 rings (SSSR count). The topological polar surface area (TPSA) is 47.7 Å². The number of benzene rings is 1. The van der Waals surface area contributed by atoms with Gasteiger partial charge in [0.05, 0.1) is 13.2 Å². The van der Waals surface area contributed by atoms with Crippen LogP contribution in [0.1, 0.15) is 11.6 Å². The molecule has 0 aromatic heterocycles. The zero-order valence-electron chi connectivity index (χ0n) is 11.6. The Morgan fingerprint density at radius 3 is 2.26 bits per heavy atom. The molecule has 0 saturated heterocycles. The molecule has 4 nitrogen and oxygen atoms in total. The third kappa shape index (κ3) is 5.65. The van der Waals surface area contributed by atoms with Gasteiger partial charge in [-0.25, -0.2) is 4.39 Å². The molecule has 0 aliphatic heterocycles. The van der Waals surface area contributed by atoms with Crippen molar-refractivity contribution in [3.05, 3.63) is 35.6 Å². The van der Waals surface area contributed by atoms with Gasteiger partial charge in [0, 0.05) is 45.5 Å². The summed E-state index contributed by atoms with van der Waals surface area (Å²) in [6, 6.07) is 6.27. The monoisotopic (exact) mass is 270 g/mol. The van der Waals surface area contributed by atoms with Gasteiger partial charge in [-0.05, 0) is 6.07 Å². The average molecular weight is 270 g/mol. The van der Waals surface area contributed by atoms with Crippen molar-refractivity contribution in [3.8, 4) is 0 Å². The maximum Gasteiger partial charge on any atom is 0.128 e. The summed E-state index contributed by atoms with van der Waals surface area (Å²) in [6.07, 6.45) is 0.